The van der Waals surface area contributed by atoms with Crippen molar-refractivity contribution in [2.24, 2.45) is 5.73 Å². The summed E-state index contributed by atoms with van der Waals surface area (Å²) in [6.45, 7) is 2.02. The van der Waals surface area contributed by atoms with E-state index in [1.165, 1.54) is 11.8 Å². The topological polar surface area (TPSA) is 76.2 Å². The normalized spacial score (nSPS) is 14.5. The maximum absolute atomic E-state index is 10.5. The molecule has 0 bridgehead atoms. The summed E-state index contributed by atoms with van der Waals surface area (Å²) >= 11 is 1.53. The molecule has 0 radical (unpaired) electrons. The van der Waals surface area contributed by atoms with E-state index >= 15 is 0 Å². The molecule has 0 saturated carbocycles. The lowest BCUT2D eigenvalue weighted by Crippen LogP contribution is -2.32. The van der Waals surface area contributed by atoms with E-state index in [0.717, 1.165) is 5.56 Å². The van der Waals surface area contributed by atoms with E-state index in [9.17, 15) is 4.79 Å². The molecule has 0 fully saturated rings. The molecule has 5 heteroatoms. The molecular weight excluding hydrogens is 212 g/mol. The number of pyridine rings is 1. The second-order valence-corrected chi connectivity index (χ2v) is 4.57. The Morgan fingerprint density at radius 2 is 2.20 bits per heavy atom. The Bertz CT molecular complexity index is 318. The zero-order valence-electron chi connectivity index (χ0n) is 8.46. The number of carboxylic acids is 1. The van der Waals surface area contributed by atoms with E-state index in [2.05, 4.69) is 4.98 Å². The van der Waals surface area contributed by atoms with Crippen LogP contribution in [-0.4, -0.2) is 27.9 Å². The first-order chi connectivity index (χ1) is 7.11. The molecule has 0 aromatic carbocycles. The summed E-state index contributed by atoms with van der Waals surface area (Å²) in [5.74, 6) is -0.539. The number of rotatable bonds is 5. The van der Waals surface area contributed by atoms with Crippen LogP contribution in [0.3, 0.4) is 0 Å². The van der Waals surface area contributed by atoms with Gasteiger partial charge in [0.2, 0.25) is 0 Å². The lowest BCUT2D eigenvalue weighted by atomic mass is 10.2. The van der Waals surface area contributed by atoms with E-state index in [0.29, 0.717) is 5.75 Å². The number of carboxylic acid groups (broad SMARTS) is 1. The molecule has 82 valence electrons. The third-order valence-electron chi connectivity index (χ3n) is 2.02. The first-order valence-electron chi connectivity index (χ1n) is 4.61. The molecule has 2 unspecified atom stereocenters. The van der Waals surface area contributed by atoms with E-state index in [1.807, 2.05) is 19.1 Å². The Morgan fingerprint density at radius 1 is 1.60 bits per heavy atom. The molecule has 3 N–H and O–H groups in total. The van der Waals surface area contributed by atoms with Crippen molar-refractivity contribution < 1.29 is 9.90 Å². The van der Waals surface area contributed by atoms with Crippen molar-refractivity contribution >= 4 is 17.7 Å². The second kappa shape index (κ2) is 5.72. The summed E-state index contributed by atoms with van der Waals surface area (Å²) in [5, 5.41) is 8.85. The van der Waals surface area contributed by atoms with Crippen LogP contribution in [-0.2, 0) is 4.79 Å². The molecule has 0 aliphatic heterocycles. The lowest BCUT2D eigenvalue weighted by molar-refractivity contribution is -0.137. The maximum Gasteiger partial charge on any atom is 0.321 e. The summed E-state index contributed by atoms with van der Waals surface area (Å²) in [6.07, 6.45) is 3.45. The first kappa shape index (κ1) is 12.0. The highest BCUT2D eigenvalue weighted by molar-refractivity contribution is 7.99. The Balaban J connectivity index is 2.43. The van der Waals surface area contributed by atoms with Crippen molar-refractivity contribution in [1.82, 2.24) is 4.98 Å². The van der Waals surface area contributed by atoms with Gasteiger partial charge in [0.25, 0.3) is 0 Å². The van der Waals surface area contributed by atoms with Crippen molar-refractivity contribution in [2.75, 3.05) is 5.75 Å². The lowest BCUT2D eigenvalue weighted by Gasteiger charge is -2.12. The highest BCUT2D eigenvalue weighted by atomic mass is 32.2. The van der Waals surface area contributed by atoms with Gasteiger partial charge >= 0.3 is 5.97 Å². The number of carbonyl (C=O) groups is 1. The number of aliphatic carboxylic acids is 1. The summed E-state index contributed by atoms with van der Waals surface area (Å²) in [7, 11) is 0. The van der Waals surface area contributed by atoms with Gasteiger partial charge in [-0.2, -0.15) is 11.8 Å². The largest absolute Gasteiger partial charge is 0.480 e. The number of nitrogens with two attached hydrogens (primary N) is 1. The molecule has 1 aromatic rings. The van der Waals surface area contributed by atoms with E-state index in [4.69, 9.17) is 10.8 Å². The van der Waals surface area contributed by atoms with Crippen LogP contribution in [0, 0.1) is 0 Å². The van der Waals surface area contributed by atoms with E-state index in [-0.39, 0.29) is 5.25 Å². The molecule has 0 aliphatic carbocycles. The summed E-state index contributed by atoms with van der Waals surface area (Å²) in [6, 6.07) is 3.05. The van der Waals surface area contributed by atoms with Gasteiger partial charge in [0.05, 0.1) is 0 Å². The minimum Gasteiger partial charge on any atom is -0.480 e. The van der Waals surface area contributed by atoms with E-state index in [1.54, 1.807) is 12.4 Å². The fourth-order valence-electron chi connectivity index (χ4n) is 1.05. The van der Waals surface area contributed by atoms with Crippen molar-refractivity contribution in [3.8, 4) is 0 Å². The summed E-state index contributed by atoms with van der Waals surface area (Å²) in [5.41, 5.74) is 6.54. The number of hydrogen-bond acceptors (Lipinski definition) is 4. The monoisotopic (exact) mass is 226 g/mol. The number of hydrogen-bond donors (Lipinski definition) is 2. The quantitative estimate of drug-likeness (QED) is 0.791. The minimum atomic E-state index is -0.954. The molecule has 4 nitrogen and oxygen atoms in total. The highest BCUT2D eigenvalue weighted by Gasteiger charge is 2.14. The van der Waals surface area contributed by atoms with Crippen LogP contribution >= 0.6 is 11.8 Å². The van der Waals surface area contributed by atoms with Crippen LogP contribution < -0.4 is 5.73 Å². The van der Waals surface area contributed by atoms with Gasteiger partial charge in [-0.3, -0.25) is 9.78 Å². The van der Waals surface area contributed by atoms with Crippen LogP contribution in [0.4, 0.5) is 0 Å². The number of nitrogens with zero attached hydrogens (tertiary/aromatic N) is 1. The molecule has 2 atom stereocenters. The van der Waals surface area contributed by atoms with Gasteiger partial charge < -0.3 is 10.8 Å². The van der Waals surface area contributed by atoms with Crippen molar-refractivity contribution in [3.63, 3.8) is 0 Å². The van der Waals surface area contributed by atoms with Gasteiger partial charge in [0.1, 0.15) is 6.04 Å². The van der Waals surface area contributed by atoms with Crippen LogP contribution in [0.25, 0.3) is 0 Å². The molecule has 1 heterocycles. The molecule has 0 saturated heterocycles. The average molecular weight is 226 g/mol. The molecular formula is C10H14N2O2S. The predicted octanol–water partition coefficient (Wildman–Crippen LogP) is 1.29. The van der Waals surface area contributed by atoms with Crippen LogP contribution in [0.5, 0.6) is 0 Å². The maximum atomic E-state index is 10.5. The molecule has 0 amide bonds. The van der Waals surface area contributed by atoms with Crippen LogP contribution in [0.1, 0.15) is 17.7 Å². The van der Waals surface area contributed by atoms with Gasteiger partial charge in [-0.25, -0.2) is 0 Å². The standard InChI is InChI=1S/C10H14N2O2S/c1-7(8-2-4-12-5-3-8)15-6-9(11)10(13)14/h2-5,7,9H,6,11H2,1H3,(H,13,14). The van der Waals surface area contributed by atoms with Crippen molar-refractivity contribution in [2.45, 2.75) is 18.2 Å². The van der Waals surface area contributed by atoms with Crippen molar-refractivity contribution in [1.29, 1.82) is 0 Å². The number of aromatic nitrogens is 1. The fourth-order valence-corrected chi connectivity index (χ4v) is 2.04. The smallest absolute Gasteiger partial charge is 0.321 e. The van der Waals surface area contributed by atoms with Gasteiger partial charge in [-0.15, -0.1) is 0 Å². The molecule has 1 aromatic heterocycles. The zero-order chi connectivity index (χ0) is 11.3. The fraction of sp³-hybridized carbons (Fsp3) is 0.400. The SMILES string of the molecule is CC(SCC(N)C(=O)O)c1ccncc1. The molecule has 1 rings (SSSR count). The third-order valence-corrected chi connectivity index (χ3v) is 3.34. The Hall–Kier alpha value is -1.07. The second-order valence-electron chi connectivity index (χ2n) is 3.20. The third kappa shape index (κ3) is 3.89. The molecule has 0 aliphatic rings. The Kier molecular flexibility index (Phi) is 4.58. The first-order valence-corrected chi connectivity index (χ1v) is 5.66. The van der Waals surface area contributed by atoms with Gasteiger partial charge in [0, 0.05) is 23.4 Å². The van der Waals surface area contributed by atoms with Gasteiger partial charge in [-0.1, -0.05) is 0 Å². The highest BCUT2D eigenvalue weighted by Crippen LogP contribution is 2.27. The van der Waals surface area contributed by atoms with Gasteiger partial charge in [-0.05, 0) is 24.6 Å². The Morgan fingerprint density at radius 3 is 2.73 bits per heavy atom. The van der Waals surface area contributed by atoms with E-state index < -0.39 is 12.0 Å². The van der Waals surface area contributed by atoms with Gasteiger partial charge in [0.15, 0.2) is 0 Å². The minimum absolute atomic E-state index is 0.235. The number of thioether (sulfide) groups is 1. The summed E-state index contributed by atoms with van der Waals surface area (Å²) < 4.78 is 0. The summed E-state index contributed by atoms with van der Waals surface area (Å²) in [4.78, 5) is 14.4. The molecule has 15 heavy (non-hydrogen) atoms. The average Bonchev–Trinajstić information content (AvgIpc) is 2.26. The zero-order valence-corrected chi connectivity index (χ0v) is 9.28. The Labute approximate surface area is 92.9 Å². The molecule has 0 spiro atoms. The van der Waals surface area contributed by atoms with Crippen molar-refractivity contribution in [3.05, 3.63) is 30.1 Å². The van der Waals surface area contributed by atoms with Crippen LogP contribution in [0.2, 0.25) is 0 Å². The van der Waals surface area contributed by atoms with Crippen LogP contribution in [0.15, 0.2) is 24.5 Å². The predicted molar refractivity (Wildman–Crippen MR) is 60.7 cm³/mol.